The molecule has 0 unspecified atom stereocenters. The molecule has 0 atom stereocenters. The van der Waals surface area contributed by atoms with E-state index in [1.807, 2.05) is 49.4 Å². The van der Waals surface area contributed by atoms with Gasteiger partial charge in [0, 0.05) is 38.7 Å². The van der Waals surface area contributed by atoms with Gasteiger partial charge in [-0.15, -0.1) is 0 Å². The largest absolute Gasteiger partial charge is 0.496 e. The number of aliphatic imine (C=N–C) groups is 1. The number of hydrogen-bond donors (Lipinski definition) is 1. The molecular formula is C25H24N2O2S. The lowest BCUT2D eigenvalue weighted by Crippen LogP contribution is -2.23. The second-order valence-corrected chi connectivity index (χ2v) is 8.43. The molecule has 3 aromatic carbocycles. The molecular weight excluding hydrogens is 392 g/mol. The summed E-state index contributed by atoms with van der Waals surface area (Å²) in [6.07, 6.45) is 0. The highest BCUT2D eigenvalue weighted by Crippen LogP contribution is 2.43. The van der Waals surface area contributed by atoms with Crippen LogP contribution in [-0.2, 0) is 6.54 Å². The van der Waals surface area contributed by atoms with Crippen LogP contribution in [0.2, 0.25) is 0 Å². The molecule has 1 heterocycles. The molecule has 0 aliphatic carbocycles. The third-order valence-electron chi connectivity index (χ3n) is 5.28. The highest BCUT2D eigenvalue weighted by molar-refractivity contribution is 7.99. The molecule has 152 valence electrons. The molecule has 0 aromatic heterocycles. The highest BCUT2D eigenvalue weighted by atomic mass is 32.2. The van der Waals surface area contributed by atoms with E-state index in [9.17, 15) is 4.79 Å². The molecule has 1 aliphatic rings. The van der Waals surface area contributed by atoms with Gasteiger partial charge in [-0.25, -0.2) is 0 Å². The summed E-state index contributed by atoms with van der Waals surface area (Å²) < 4.78 is 5.36. The molecule has 0 radical (unpaired) electrons. The number of benzene rings is 3. The number of nitrogens with zero attached hydrogens (tertiary/aromatic N) is 1. The zero-order chi connectivity index (χ0) is 21.3. The van der Waals surface area contributed by atoms with Gasteiger partial charge in [-0.1, -0.05) is 42.1 Å². The lowest BCUT2D eigenvalue weighted by Gasteiger charge is -2.12. The summed E-state index contributed by atoms with van der Waals surface area (Å²) in [4.78, 5) is 20.0. The number of hydrogen-bond acceptors (Lipinski definition) is 4. The van der Waals surface area contributed by atoms with Crippen LogP contribution in [0.25, 0.3) is 0 Å². The van der Waals surface area contributed by atoms with Crippen LogP contribution in [0.4, 0.5) is 5.69 Å². The van der Waals surface area contributed by atoms with E-state index in [2.05, 4.69) is 31.3 Å². The number of carbonyl (C=O) groups excluding carboxylic acids is 1. The Morgan fingerprint density at radius 1 is 1.03 bits per heavy atom. The molecule has 0 bridgehead atoms. The number of carbonyl (C=O) groups is 1. The first-order valence-corrected chi connectivity index (χ1v) is 10.7. The third-order valence-corrected chi connectivity index (χ3v) is 6.57. The zero-order valence-electron chi connectivity index (χ0n) is 17.6. The monoisotopic (exact) mass is 416 g/mol. The first-order valence-electron chi connectivity index (χ1n) is 9.86. The summed E-state index contributed by atoms with van der Waals surface area (Å²) in [7, 11) is 1.63. The minimum atomic E-state index is -0.129. The first kappa shape index (κ1) is 20.2. The van der Waals surface area contributed by atoms with Crippen molar-refractivity contribution in [3.63, 3.8) is 0 Å². The molecule has 1 amide bonds. The predicted octanol–water partition coefficient (Wildman–Crippen LogP) is 5.85. The number of nitrogens with one attached hydrogen (secondary N) is 1. The topological polar surface area (TPSA) is 50.7 Å². The molecule has 1 aliphatic heterocycles. The predicted molar refractivity (Wildman–Crippen MR) is 123 cm³/mol. The molecule has 30 heavy (non-hydrogen) atoms. The highest BCUT2D eigenvalue weighted by Gasteiger charge is 2.20. The van der Waals surface area contributed by atoms with Crippen LogP contribution < -0.4 is 10.1 Å². The minimum absolute atomic E-state index is 0.129. The van der Waals surface area contributed by atoms with Crippen LogP contribution in [0.15, 0.2) is 69.4 Å². The van der Waals surface area contributed by atoms with E-state index < -0.39 is 0 Å². The molecule has 0 saturated heterocycles. The van der Waals surface area contributed by atoms with Crippen LogP contribution in [0.5, 0.6) is 5.75 Å². The molecule has 0 saturated carbocycles. The fraction of sp³-hybridized carbons (Fsp3) is 0.200. The van der Waals surface area contributed by atoms with Gasteiger partial charge in [0.25, 0.3) is 5.91 Å². The van der Waals surface area contributed by atoms with Gasteiger partial charge in [0.05, 0.1) is 12.8 Å². The second-order valence-electron chi connectivity index (χ2n) is 7.38. The van der Waals surface area contributed by atoms with Gasteiger partial charge in [0.2, 0.25) is 0 Å². The summed E-state index contributed by atoms with van der Waals surface area (Å²) in [5.41, 5.74) is 6.99. The van der Waals surface area contributed by atoms with E-state index in [1.54, 1.807) is 18.9 Å². The van der Waals surface area contributed by atoms with E-state index in [0.717, 1.165) is 27.6 Å². The average Bonchev–Trinajstić information content (AvgIpc) is 2.90. The minimum Gasteiger partial charge on any atom is -0.496 e. The Morgan fingerprint density at radius 2 is 1.80 bits per heavy atom. The van der Waals surface area contributed by atoms with Crippen molar-refractivity contribution < 1.29 is 9.53 Å². The fourth-order valence-electron chi connectivity index (χ4n) is 3.67. The Balaban J connectivity index is 1.61. The van der Waals surface area contributed by atoms with E-state index in [0.29, 0.717) is 12.1 Å². The standard InChI is InChI=1S/C25H24N2O2S/c1-15-9-10-16(2)24-23(15)17(3)27-20-13-18(11-12-22(20)30-24)25(28)26-14-19-7-5-6-8-21(19)29-4/h5-13H,14H2,1-4H3,(H,26,28). The second kappa shape index (κ2) is 8.36. The van der Waals surface area contributed by atoms with Crippen molar-refractivity contribution in [2.75, 3.05) is 7.11 Å². The number of fused-ring (bicyclic) bond motifs is 2. The van der Waals surface area contributed by atoms with Gasteiger partial charge < -0.3 is 10.1 Å². The van der Waals surface area contributed by atoms with Crippen molar-refractivity contribution in [3.05, 3.63) is 82.4 Å². The Hall–Kier alpha value is -3.05. The SMILES string of the molecule is COc1ccccc1CNC(=O)c1ccc2c(c1)N=C(C)c1c(C)ccc(C)c1S2. The van der Waals surface area contributed by atoms with Crippen LogP contribution in [0, 0.1) is 13.8 Å². The molecule has 5 heteroatoms. The lowest BCUT2D eigenvalue weighted by atomic mass is 10.0. The number of amides is 1. The maximum atomic E-state index is 12.8. The molecule has 4 nitrogen and oxygen atoms in total. The number of para-hydroxylation sites is 1. The third kappa shape index (κ3) is 3.85. The van der Waals surface area contributed by atoms with Crippen molar-refractivity contribution in [1.29, 1.82) is 0 Å². The zero-order valence-corrected chi connectivity index (χ0v) is 18.4. The van der Waals surface area contributed by atoms with E-state index >= 15 is 0 Å². The van der Waals surface area contributed by atoms with Gasteiger partial charge >= 0.3 is 0 Å². The van der Waals surface area contributed by atoms with E-state index in [4.69, 9.17) is 9.73 Å². The van der Waals surface area contributed by atoms with Crippen molar-refractivity contribution in [2.24, 2.45) is 4.99 Å². The van der Waals surface area contributed by atoms with Gasteiger partial charge in [0.1, 0.15) is 5.75 Å². The molecule has 4 rings (SSSR count). The van der Waals surface area contributed by atoms with Gasteiger partial charge in [-0.05, 0) is 56.2 Å². The molecule has 3 aromatic rings. The maximum Gasteiger partial charge on any atom is 0.251 e. The van der Waals surface area contributed by atoms with E-state index in [1.165, 1.54) is 21.6 Å². The number of methoxy groups -OCH3 is 1. The summed E-state index contributed by atoms with van der Waals surface area (Å²) in [6, 6.07) is 17.7. The van der Waals surface area contributed by atoms with Crippen LogP contribution in [-0.4, -0.2) is 18.7 Å². The summed E-state index contributed by atoms with van der Waals surface area (Å²) in [5.74, 6) is 0.635. The summed E-state index contributed by atoms with van der Waals surface area (Å²) in [5, 5.41) is 2.98. The number of rotatable bonds is 4. The van der Waals surface area contributed by atoms with Crippen molar-refractivity contribution in [1.82, 2.24) is 5.32 Å². The van der Waals surface area contributed by atoms with Crippen molar-refractivity contribution in [2.45, 2.75) is 37.1 Å². The number of aryl methyl sites for hydroxylation is 2. The maximum absolute atomic E-state index is 12.8. The van der Waals surface area contributed by atoms with Crippen molar-refractivity contribution in [3.8, 4) is 5.75 Å². The normalized spacial score (nSPS) is 12.3. The molecule has 0 spiro atoms. The lowest BCUT2D eigenvalue weighted by molar-refractivity contribution is 0.0950. The Kier molecular flexibility index (Phi) is 5.64. The van der Waals surface area contributed by atoms with Gasteiger partial charge in [-0.3, -0.25) is 9.79 Å². The molecule has 0 fully saturated rings. The summed E-state index contributed by atoms with van der Waals surface area (Å²) in [6.45, 7) is 6.68. The smallest absolute Gasteiger partial charge is 0.251 e. The average molecular weight is 417 g/mol. The van der Waals surface area contributed by atoms with Crippen LogP contribution in [0.3, 0.4) is 0 Å². The Morgan fingerprint density at radius 3 is 2.60 bits per heavy atom. The number of ether oxygens (including phenoxy) is 1. The Bertz CT molecular complexity index is 1170. The van der Waals surface area contributed by atoms with Crippen molar-refractivity contribution >= 4 is 29.1 Å². The Labute approximate surface area is 181 Å². The van der Waals surface area contributed by atoms with Crippen LogP contribution in [0.1, 0.15) is 39.5 Å². The van der Waals surface area contributed by atoms with Crippen LogP contribution >= 0.6 is 11.8 Å². The van der Waals surface area contributed by atoms with Gasteiger partial charge in [-0.2, -0.15) is 0 Å². The molecule has 1 N–H and O–H groups in total. The van der Waals surface area contributed by atoms with Gasteiger partial charge in [0.15, 0.2) is 0 Å². The quantitative estimate of drug-likeness (QED) is 0.581. The summed E-state index contributed by atoms with van der Waals surface area (Å²) >= 11 is 1.72. The fourth-order valence-corrected chi connectivity index (χ4v) is 4.88. The van der Waals surface area contributed by atoms with E-state index in [-0.39, 0.29) is 5.91 Å². The first-order chi connectivity index (χ1) is 14.5.